The highest BCUT2D eigenvalue weighted by Crippen LogP contribution is 2.23. The van der Waals surface area contributed by atoms with E-state index in [-0.39, 0.29) is 0 Å². The first-order chi connectivity index (χ1) is 5.92. The third-order valence-electron chi connectivity index (χ3n) is 2.46. The maximum Gasteiger partial charge on any atom is 0.0752 e. The molecule has 1 aromatic heterocycles. The summed E-state index contributed by atoms with van der Waals surface area (Å²) in [5, 5.41) is 6.75. The van der Waals surface area contributed by atoms with Crippen LogP contribution in [0.4, 0.5) is 5.69 Å². The zero-order valence-corrected chi connectivity index (χ0v) is 7.03. The molecule has 0 unspecified atom stereocenters. The van der Waals surface area contributed by atoms with Crippen LogP contribution in [0.25, 0.3) is 0 Å². The highest BCUT2D eigenvalue weighted by molar-refractivity contribution is 5.44. The predicted octanol–water partition coefficient (Wildman–Crippen LogP) is 0.337. The Kier molecular flexibility index (Phi) is 1.99. The fourth-order valence-electron chi connectivity index (χ4n) is 1.82. The monoisotopic (exact) mass is 166 g/mol. The fraction of sp³-hybridized carbons (Fsp3) is 0.625. The van der Waals surface area contributed by atoms with Crippen LogP contribution in [0, 0.1) is 0 Å². The molecule has 0 bridgehead atoms. The van der Waals surface area contributed by atoms with Crippen LogP contribution in [0.2, 0.25) is 0 Å². The Morgan fingerprint density at radius 2 is 2.67 bits per heavy atom. The van der Waals surface area contributed by atoms with Crippen LogP contribution >= 0.6 is 0 Å². The number of aromatic amines is 1. The van der Waals surface area contributed by atoms with Crippen LogP contribution < -0.4 is 10.6 Å². The van der Waals surface area contributed by atoms with E-state index in [2.05, 4.69) is 15.1 Å². The maximum absolute atomic E-state index is 5.66. The van der Waals surface area contributed by atoms with Gasteiger partial charge in [0, 0.05) is 25.3 Å². The summed E-state index contributed by atoms with van der Waals surface area (Å²) in [6.07, 6.45) is 6.23. The van der Waals surface area contributed by atoms with Gasteiger partial charge < -0.3 is 10.6 Å². The maximum atomic E-state index is 5.66. The molecule has 0 saturated carbocycles. The number of aromatic nitrogens is 2. The molecule has 0 amide bonds. The van der Waals surface area contributed by atoms with Crippen molar-refractivity contribution < 1.29 is 0 Å². The zero-order valence-electron chi connectivity index (χ0n) is 7.03. The van der Waals surface area contributed by atoms with Gasteiger partial charge in [-0.3, -0.25) is 5.10 Å². The molecule has 0 aliphatic carbocycles. The predicted molar refractivity (Wildman–Crippen MR) is 48.0 cm³/mol. The highest BCUT2D eigenvalue weighted by Gasteiger charge is 2.23. The molecule has 0 spiro atoms. The largest absolute Gasteiger partial charge is 0.365 e. The van der Waals surface area contributed by atoms with E-state index in [1.807, 2.05) is 12.4 Å². The van der Waals surface area contributed by atoms with Gasteiger partial charge in [0.15, 0.2) is 0 Å². The second-order valence-electron chi connectivity index (χ2n) is 3.18. The molecule has 66 valence electrons. The summed E-state index contributed by atoms with van der Waals surface area (Å²) in [7, 11) is 0. The van der Waals surface area contributed by atoms with Crippen molar-refractivity contribution >= 4 is 5.69 Å². The molecule has 1 fully saturated rings. The van der Waals surface area contributed by atoms with Crippen LogP contribution in [-0.4, -0.2) is 29.3 Å². The molecule has 2 heterocycles. The standard InChI is InChI=1S/C8H14N4/c9-4-7-2-1-3-12(7)8-5-10-11-6-8/h5-7H,1-4,9H2,(H,10,11)/t7-/m1/s1. The molecule has 0 aromatic carbocycles. The minimum Gasteiger partial charge on any atom is -0.365 e. The Labute approximate surface area is 71.7 Å². The number of nitrogens with two attached hydrogens (primary N) is 1. The first kappa shape index (κ1) is 7.61. The summed E-state index contributed by atoms with van der Waals surface area (Å²) in [5.41, 5.74) is 6.83. The summed E-state index contributed by atoms with van der Waals surface area (Å²) >= 11 is 0. The van der Waals surface area contributed by atoms with Crippen molar-refractivity contribution in [3.05, 3.63) is 12.4 Å². The summed E-state index contributed by atoms with van der Waals surface area (Å²) in [4.78, 5) is 2.32. The third-order valence-corrected chi connectivity index (χ3v) is 2.46. The topological polar surface area (TPSA) is 57.9 Å². The van der Waals surface area contributed by atoms with E-state index in [0.717, 1.165) is 13.1 Å². The SMILES string of the molecule is NC[C@H]1CCCN1c1cn[nH]c1. The lowest BCUT2D eigenvalue weighted by molar-refractivity contribution is 0.677. The molecular formula is C8H14N4. The van der Waals surface area contributed by atoms with Gasteiger partial charge in [0.2, 0.25) is 0 Å². The Balaban J connectivity index is 2.13. The van der Waals surface area contributed by atoms with Crippen LogP contribution in [0.3, 0.4) is 0 Å². The molecule has 4 nitrogen and oxygen atoms in total. The summed E-state index contributed by atoms with van der Waals surface area (Å²) in [5.74, 6) is 0. The van der Waals surface area contributed by atoms with E-state index >= 15 is 0 Å². The molecule has 1 aromatic rings. The molecule has 1 aliphatic rings. The van der Waals surface area contributed by atoms with Crippen molar-refractivity contribution in [1.29, 1.82) is 0 Å². The van der Waals surface area contributed by atoms with Crippen molar-refractivity contribution in [3.8, 4) is 0 Å². The number of hydrogen-bond donors (Lipinski definition) is 2. The Morgan fingerprint density at radius 3 is 3.33 bits per heavy atom. The van der Waals surface area contributed by atoms with E-state index < -0.39 is 0 Å². The highest BCUT2D eigenvalue weighted by atomic mass is 15.2. The van der Waals surface area contributed by atoms with Gasteiger partial charge in [-0.15, -0.1) is 0 Å². The summed E-state index contributed by atoms with van der Waals surface area (Å²) in [6, 6.07) is 0.516. The second kappa shape index (κ2) is 3.15. The lowest BCUT2D eigenvalue weighted by atomic mass is 10.2. The first-order valence-electron chi connectivity index (χ1n) is 4.37. The number of anilines is 1. The Morgan fingerprint density at radius 1 is 1.75 bits per heavy atom. The number of H-pyrrole nitrogens is 1. The van der Waals surface area contributed by atoms with Crippen LogP contribution in [0.5, 0.6) is 0 Å². The number of nitrogens with one attached hydrogen (secondary N) is 1. The number of rotatable bonds is 2. The van der Waals surface area contributed by atoms with Crippen molar-refractivity contribution in [3.63, 3.8) is 0 Å². The molecule has 1 atom stereocenters. The molecule has 1 aliphatic heterocycles. The van der Waals surface area contributed by atoms with E-state index in [4.69, 9.17) is 5.73 Å². The summed E-state index contributed by atoms with van der Waals surface area (Å²) in [6.45, 7) is 1.85. The minimum absolute atomic E-state index is 0.516. The number of nitrogens with zero attached hydrogens (tertiary/aromatic N) is 2. The second-order valence-corrected chi connectivity index (χ2v) is 3.18. The molecule has 3 N–H and O–H groups in total. The molecule has 2 rings (SSSR count). The first-order valence-corrected chi connectivity index (χ1v) is 4.37. The van der Waals surface area contributed by atoms with Gasteiger partial charge in [-0.25, -0.2) is 0 Å². The van der Waals surface area contributed by atoms with Gasteiger partial charge in [0.05, 0.1) is 11.9 Å². The summed E-state index contributed by atoms with van der Waals surface area (Å²) < 4.78 is 0. The van der Waals surface area contributed by atoms with Gasteiger partial charge in [0.25, 0.3) is 0 Å². The molecule has 12 heavy (non-hydrogen) atoms. The molecule has 4 heteroatoms. The molecule has 0 radical (unpaired) electrons. The van der Waals surface area contributed by atoms with Crippen molar-refractivity contribution in [2.24, 2.45) is 5.73 Å². The molecule has 1 saturated heterocycles. The van der Waals surface area contributed by atoms with Crippen LogP contribution in [-0.2, 0) is 0 Å². The lowest BCUT2D eigenvalue weighted by Gasteiger charge is -2.23. The Bertz CT molecular complexity index is 231. The third kappa shape index (κ3) is 1.18. The van der Waals surface area contributed by atoms with Crippen molar-refractivity contribution in [2.45, 2.75) is 18.9 Å². The average Bonchev–Trinajstić information content (AvgIpc) is 2.74. The van der Waals surface area contributed by atoms with Crippen LogP contribution in [0.1, 0.15) is 12.8 Å². The zero-order chi connectivity index (χ0) is 8.39. The van der Waals surface area contributed by atoms with Crippen LogP contribution in [0.15, 0.2) is 12.4 Å². The normalized spacial score (nSPS) is 23.4. The van der Waals surface area contributed by atoms with E-state index in [1.165, 1.54) is 18.5 Å². The number of hydrogen-bond acceptors (Lipinski definition) is 3. The van der Waals surface area contributed by atoms with Gasteiger partial charge in [-0.1, -0.05) is 0 Å². The van der Waals surface area contributed by atoms with Gasteiger partial charge in [-0.05, 0) is 12.8 Å². The fourth-order valence-corrected chi connectivity index (χ4v) is 1.82. The molecular weight excluding hydrogens is 152 g/mol. The van der Waals surface area contributed by atoms with Gasteiger partial charge >= 0.3 is 0 Å². The Hall–Kier alpha value is -1.03. The van der Waals surface area contributed by atoms with E-state index in [9.17, 15) is 0 Å². The lowest BCUT2D eigenvalue weighted by Crippen LogP contribution is -2.35. The quantitative estimate of drug-likeness (QED) is 0.666. The van der Waals surface area contributed by atoms with E-state index in [1.54, 1.807) is 0 Å². The minimum atomic E-state index is 0.516. The smallest absolute Gasteiger partial charge is 0.0752 e. The average molecular weight is 166 g/mol. The van der Waals surface area contributed by atoms with Crippen molar-refractivity contribution in [1.82, 2.24) is 10.2 Å². The van der Waals surface area contributed by atoms with Crippen molar-refractivity contribution in [2.75, 3.05) is 18.0 Å². The van der Waals surface area contributed by atoms with E-state index in [0.29, 0.717) is 6.04 Å². The van der Waals surface area contributed by atoms with Gasteiger partial charge in [-0.2, -0.15) is 5.10 Å². The van der Waals surface area contributed by atoms with Gasteiger partial charge in [0.1, 0.15) is 0 Å².